The number of hydrogen-bond acceptors (Lipinski definition) is 2. The fourth-order valence-corrected chi connectivity index (χ4v) is 1.80. The molecule has 3 nitrogen and oxygen atoms in total. The number of fused-ring (bicyclic) bond motifs is 1. The van der Waals surface area contributed by atoms with Crippen LogP contribution >= 0.6 is 11.6 Å². The third kappa shape index (κ3) is 1.21. The van der Waals surface area contributed by atoms with E-state index in [1.165, 1.54) is 0 Å². The summed E-state index contributed by atoms with van der Waals surface area (Å²) < 4.78 is 1.74. The molecule has 0 radical (unpaired) electrons. The maximum Gasteiger partial charge on any atom is 0.185 e. The molecule has 0 aliphatic rings. The zero-order valence-corrected chi connectivity index (χ0v) is 8.67. The molecule has 0 bridgehead atoms. The van der Waals surface area contributed by atoms with E-state index >= 15 is 0 Å². The molecule has 0 fully saturated rings. The SMILES string of the molecule is Cc1cc(Cl)cc2c1nc(C=O)n2C. The lowest BCUT2D eigenvalue weighted by atomic mass is 10.2. The van der Waals surface area contributed by atoms with E-state index in [9.17, 15) is 4.79 Å². The van der Waals surface area contributed by atoms with Crippen LogP contribution in [0.5, 0.6) is 0 Å². The molecule has 1 aromatic carbocycles. The largest absolute Gasteiger partial charge is 0.325 e. The van der Waals surface area contributed by atoms with E-state index < -0.39 is 0 Å². The molecule has 4 heteroatoms. The van der Waals surface area contributed by atoms with Gasteiger partial charge in [-0.25, -0.2) is 4.98 Å². The molecular weight excluding hydrogens is 200 g/mol. The molecule has 0 unspecified atom stereocenters. The van der Waals surface area contributed by atoms with Crippen LogP contribution in [-0.2, 0) is 7.05 Å². The van der Waals surface area contributed by atoms with E-state index in [0.717, 1.165) is 22.9 Å². The predicted octanol–water partition coefficient (Wildman–Crippen LogP) is 2.35. The van der Waals surface area contributed by atoms with Crippen LogP contribution in [0.15, 0.2) is 12.1 Å². The number of hydrogen-bond donors (Lipinski definition) is 0. The lowest BCUT2D eigenvalue weighted by Crippen LogP contribution is -1.94. The van der Waals surface area contributed by atoms with Crippen LogP contribution < -0.4 is 0 Å². The highest BCUT2D eigenvalue weighted by Crippen LogP contribution is 2.22. The Bertz CT molecular complexity index is 516. The smallest absolute Gasteiger partial charge is 0.185 e. The van der Waals surface area contributed by atoms with E-state index in [0.29, 0.717) is 10.8 Å². The quantitative estimate of drug-likeness (QED) is 0.675. The Morgan fingerprint density at radius 3 is 2.86 bits per heavy atom. The summed E-state index contributed by atoms with van der Waals surface area (Å²) in [6.45, 7) is 1.93. The van der Waals surface area contributed by atoms with Crippen LogP contribution in [0.3, 0.4) is 0 Å². The molecular formula is C10H9ClN2O. The van der Waals surface area contributed by atoms with Crippen LogP contribution in [0.2, 0.25) is 5.02 Å². The molecule has 2 aromatic rings. The molecule has 2 rings (SSSR count). The highest BCUT2D eigenvalue weighted by Gasteiger charge is 2.09. The van der Waals surface area contributed by atoms with Gasteiger partial charge in [0.1, 0.15) is 0 Å². The zero-order chi connectivity index (χ0) is 10.3. The Morgan fingerprint density at radius 1 is 1.50 bits per heavy atom. The number of aryl methyl sites for hydroxylation is 2. The molecule has 0 N–H and O–H groups in total. The molecule has 72 valence electrons. The van der Waals surface area contributed by atoms with Gasteiger partial charge in [-0.05, 0) is 24.6 Å². The standard InChI is InChI=1S/C10H9ClN2O/c1-6-3-7(11)4-8-10(6)12-9(5-14)13(8)2/h3-5H,1-2H3. The van der Waals surface area contributed by atoms with Crippen LogP contribution in [0.1, 0.15) is 16.2 Å². The third-order valence-corrected chi connectivity index (χ3v) is 2.50. The molecule has 1 aromatic heterocycles. The topological polar surface area (TPSA) is 34.9 Å². The summed E-state index contributed by atoms with van der Waals surface area (Å²) in [5.74, 6) is 0.422. The van der Waals surface area contributed by atoms with Gasteiger partial charge in [-0.1, -0.05) is 11.6 Å². The number of aldehydes is 1. The van der Waals surface area contributed by atoms with Crippen molar-refractivity contribution in [1.29, 1.82) is 0 Å². The lowest BCUT2D eigenvalue weighted by molar-refractivity contribution is 0.111. The first-order chi connectivity index (χ1) is 6.63. The van der Waals surface area contributed by atoms with Crippen molar-refractivity contribution in [1.82, 2.24) is 9.55 Å². The van der Waals surface area contributed by atoms with Crippen LogP contribution in [0.4, 0.5) is 0 Å². The third-order valence-electron chi connectivity index (χ3n) is 2.28. The first-order valence-corrected chi connectivity index (χ1v) is 4.59. The highest BCUT2D eigenvalue weighted by molar-refractivity contribution is 6.31. The summed E-state index contributed by atoms with van der Waals surface area (Å²) in [6, 6.07) is 3.65. The van der Waals surface area contributed by atoms with Gasteiger partial charge in [0.15, 0.2) is 12.1 Å². The van der Waals surface area contributed by atoms with E-state index in [1.54, 1.807) is 11.6 Å². The van der Waals surface area contributed by atoms with Gasteiger partial charge in [0.05, 0.1) is 11.0 Å². The second-order valence-corrected chi connectivity index (χ2v) is 3.67. The normalized spacial score (nSPS) is 10.8. The maximum absolute atomic E-state index is 10.7. The first-order valence-electron chi connectivity index (χ1n) is 4.21. The van der Waals surface area contributed by atoms with Gasteiger partial charge in [-0.3, -0.25) is 4.79 Å². The Labute approximate surface area is 86.3 Å². The van der Waals surface area contributed by atoms with E-state index in [-0.39, 0.29) is 0 Å². The van der Waals surface area contributed by atoms with Gasteiger partial charge in [0, 0.05) is 12.1 Å². The van der Waals surface area contributed by atoms with Crippen LogP contribution in [-0.4, -0.2) is 15.8 Å². The number of halogens is 1. The Morgan fingerprint density at radius 2 is 2.21 bits per heavy atom. The van der Waals surface area contributed by atoms with Gasteiger partial charge in [-0.2, -0.15) is 0 Å². The van der Waals surface area contributed by atoms with Crippen molar-refractivity contribution in [2.45, 2.75) is 6.92 Å². The number of imidazole rings is 1. The molecule has 0 amide bonds. The second-order valence-electron chi connectivity index (χ2n) is 3.24. The van der Waals surface area contributed by atoms with Crippen molar-refractivity contribution in [3.05, 3.63) is 28.5 Å². The summed E-state index contributed by atoms with van der Waals surface area (Å²) in [5, 5.41) is 0.662. The molecule has 0 saturated heterocycles. The van der Waals surface area contributed by atoms with E-state index in [2.05, 4.69) is 4.98 Å². The summed E-state index contributed by atoms with van der Waals surface area (Å²) in [7, 11) is 1.80. The fourth-order valence-electron chi connectivity index (χ4n) is 1.54. The predicted molar refractivity (Wildman–Crippen MR) is 55.8 cm³/mol. The molecule has 0 spiro atoms. The average Bonchev–Trinajstić information content (AvgIpc) is 2.44. The molecule has 0 atom stereocenters. The van der Waals surface area contributed by atoms with Gasteiger partial charge in [0.2, 0.25) is 0 Å². The van der Waals surface area contributed by atoms with Crippen molar-refractivity contribution in [3.63, 3.8) is 0 Å². The fraction of sp³-hybridized carbons (Fsp3) is 0.200. The van der Waals surface area contributed by atoms with E-state index in [1.807, 2.05) is 19.1 Å². The van der Waals surface area contributed by atoms with Crippen molar-refractivity contribution in [2.75, 3.05) is 0 Å². The van der Waals surface area contributed by atoms with E-state index in [4.69, 9.17) is 11.6 Å². The Kier molecular flexibility index (Phi) is 2.04. The highest BCUT2D eigenvalue weighted by atomic mass is 35.5. The lowest BCUT2D eigenvalue weighted by Gasteiger charge is -1.98. The zero-order valence-electron chi connectivity index (χ0n) is 7.91. The minimum Gasteiger partial charge on any atom is -0.325 e. The van der Waals surface area contributed by atoms with Crippen LogP contribution in [0, 0.1) is 6.92 Å². The number of nitrogens with zero attached hydrogens (tertiary/aromatic N) is 2. The van der Waals surface area contributed by atoms with Crippen molar-refractivity contribution >= 4 is 28.9 Å². The van der Waals surface area contributed by atoms with Crippen LogP contribution in [0.25, 0.3) is 11.0 Å². The van der Waals surface area contributed by atoms with Gasteiger partial charge >= 0.3 is 0 Å². The molecule has 1 heterocycles. The van der Waals surface area contributed by atoms with Crippen molar-refractivity contribution in [3.8, 4) is 0 Å². The summed E-state index contributed by atoms with van der Waals surface area (Å²) >= 11 is 5.92. The monoisotopic (exact) mass is 208 g/mol. The first kappa shape index (κ1) is 9.21. The number of benzene rings is 1. The van der Waals surface area contributed by atoms with Crippen molar-refractivity contribution < 1.29 is 4.79 Å². The Balaban J connectivity index is 2.91. The second kappa shape index (κ2) is 3.10. The minimum absolute atomic E-state index is 0.422. The summed E-state index contributed by atoms with van der Waals surface area (Å²) in [5.41, 5.74) is 2.70. The minimum atomic E-state index is 0.422. The van der Waals surface area contributed by atoms with Gasteiger partial charge in [-0.15, -0.1) is 0 Å². The molecule has 0 saturated carbocycles. The molecule has 14 heavy (non-hydrogen) atoms. The molecule has 0 aliphatic heterocycles. The summed E-state index contributed by atoms with van der Waals surface area (Å²) in [4.78, 5) is 14.9. The van der Waals surface area contributed by atoms with Gasteiger partial charge in [0.25, 0.3) is 0 Å². The number of carbonyl (C=O) groups is 1. The summed E-state index contributed by atoms with van der Waals surface area (Å²) in [6.07, 6.45) is 0.743. The number of carbonyl (C=O) groups excluding carboxylic acids is 1. The maximum atomic E-state index is 10.7. The Hall–Kier alpha value is -1.35. The number of aromatic nitrogens is 2. The van der Waals surface area contributed by atoms with Crippen molar-refractivity contribution in [2.24, 2.45) is 7.05 Å². The average molecular weight is 209 g/mol. The van der Waals surface area contributed by atoms with Gasteiger partial charge < -0.3 is 4.57 Å². The number of rotatable bonds is 1. The molecule has 0 aliphatic carbocycles.